The van der Waals surface area contributed by atoms with Crippen LogP contribution in [0.3, 0.4) is 0 Å². The SMILES string of the molecule is CNC(c1ccccc1)c1ccc2c(c1)CC(C)(C)O2. The van der Waals surface area contributed by atoms with Crippen molar-refractivity contribution in [2.24, 2.45) is 0 Å². The van der Waals surface area contributed by atoms with Crippen LogP contribution in [-0.4, -0.2) is 12.6 Å². The molecule has 2 heteroatoms. The van der Waals surface area contributed by atoms with Gasteiger partial charge in [-0.05, 0) is 43.7 Å². The number of ether oxygens (including phenoxy) is 1. The van der Waals surface area contributed by atoms with Gasteiger partial charge in [0.05, 0.1) is 6.04 Å². The van der Waals surface area contributed by atoms with E-state index in [1.54, 1.807) is 0 Å². The smallest absolute Gasteiger partial charge is 0.123 e. The van der Waals surface area contributed by atoms with E-state index >= 15 is 0 Å². The molecule has 0 amide bonds. The molecule has 1 unspecified atom stereocenters. The summed E-state index contributed by atoms with van der Waals surface area (Å²) in [6.45, 7) is 4.28. The Bertz CT molecular complexity index is 604. The van der Waals surface area contributed by atoms with Crippen molar-refractivity contribution < 1.29 is 4.74 Å². The number of fused-ring (bicyclic) bond motifs is 1. The molecule has 1 aliphatic heterocycles. The van der Waals surface area contributed by atoms with Gasteiger partial charge in [0, 0.05) is 6.42 Å². The van der Waals surface area contributed by atoms with Crippen molar-refractivity contribution in [1.29, 1.82) is 0 Å². The molecule has 3 rings (SSSR count). The Morgan fingerprint density at radius 1 is 1.05 bits per heavy atom. The summed E-state index contributed by atoms with van der Waals surface area (Å²) in [6, 6.07) is 17.3. The maximum atomic E-state index is 5.95. The van der Waals surface area contributed by atoms with Gasteiger partial charge >= 0.3 is 0 Å². The largest absolute Gasteiger partial charge is 0.487 e. The summed E-state index contributed by atoms with van der Waals surface area (Å²) in [7, 11) is 2.01. The van der Waals surface area contributed by atoms with Crippen molar-refractivity contribution in [2.75, 3.05) is 7.05 Å². The number of hydrogen-bond donors (Lipinski definition) is 1. The first-order chi connectivity index (χ1) is 9.59. The van der Waals surface area contributed by atoms with E-state index in [0.717, 1.165) is 12.2 Å². The topological polar surface area (TPSA) is 21.3 Å². The Hall–Kier alpha value is -1.80. The van der Waals surface area contributed by atoms with E-state index in [9.17, 15) is 0 Å². The maximum absolute atomic E-state index is 5.95. The predicted molar refractivity (Wildman–Crippen MR) is 82.2 cm³/mol. The lowest BCUT2D eigenvalue weighted by Crippen LogP contribution is -2.24. The van der Waals surface area contributed by atoms with Crippen LogP contribution < -0.4 is 10.1 Å². The van der Waals surface area contributed by atoms with Gasteiger partial charge in [-0.1, -0.05) is 42.5 Å². The Labute approximate surface area is 120 Å². The molecule has 0 fully saturated rings. The molecular formula is C18H21NO. The summed E-state index contributed by atoms with van der Waals surface area (Å²) in [5, 5.41) is 3.41. The minimum absolute atomic E-state index is 0.0805. The third kappa shape index (κ3) is 2.44. The van der Waals surface area contributed by atoms with Crippen LogP contribution in [0.5, 0.6) is 5.75 Å². The maximum Gasteiger partial charge on any atom is 0.123 e. The van der Waals surface area contributed by atoms with Gasteiger partial charge in [0.15, 0.2) is 0 Å². The molecule has 0 saturated heterocycles. The van der Waals surface area contributed by atoms with Gasteiger partial charge < -0.3 is 10.1 Å². The quantitative estimate of drug-likeness (QED) is 0.915. The van der Waals surface area contributed by atoms with E-state index in [2.05, 4.69) is 67.7 Å². The highest BCUT2D eigenvalue weighted by molar-refractivity contribution is 5.44. The molecule has 2 aromatic rings. The van der Waals surface area contributed by atoms with Gasteiger partial charge in [-0.3, -0.25) is 0 Å². The molecule has 0 spiro atoms. The fraction of sp³-hybridized carbons (Fsp3) is 0.333. The fourth-order valence-electron chi connectivity index (χ4n) is 2.98. The van der Waals surface area contributed by atoms with Gasteiger partial charge in [-0.25, -0.2) is 0 Å². The third-order valence-corrected chi connectivity index (χ3v) is 3.84. The van der Waals surface area contributed by atoms with Gasteiger partial charge in [-0.15, -0.1) is 0 Å². The second kappa shape index (κ2) is 4.95. The molecule has 2 aromatic carbocycles. The first-order valence-electron chi connectivity index (χ1n) is 7.13. The minimum atomic E-state index is -0.0805. The highest BCUT2D eigenvalue weighted by Crippen LogP contribution is 2.36. The van der Waals surface area contributed by atoms with Gasteiger partial charge in [-0.2, -0.15) is 0 Å². The number of nitrogens with one attached hydrogen (secondary N) is 1. The second-order valence-corrected chi connectivity index (χ2v) is 6.04. The van der Waals surface area contributed by atoms with Crippen LogP contribution in [0.4, 0.5) is 0 Å². The molecule has 0 aromatic heterocycles. The van der Waals surface area contributed by atoms with E-state index in [4.69, 9.17) is 4.74 Å². The molecular weight excluding hydrogens is 246 g/mol. The molecule has 1 heterocycles. The zero-order valence-corrected chi connectivity index (χ0v) is 12.3. The van der Waals surface area contributed by atoms with E-state index in [-0.39, 0.29) is 11.6 Å². The highest BCUT2D eigenvalue weighted by atomic mass is 16.5. The van der Waals surface area contributed by atoms with Crippen LogP contribution in [0.1, 0.15) is 36.6 Å². The van der Waals surface area contributed by atoms with Crippen LogP contribution in [0, 0.1) is 0 Å². The second-order valence-electron chi connectivity index (χ2n) is 6.04. The van der Waals surface area contributed by atoms with Crippen LogP contribution in [0.15, 0.2) is 48.5 Å². The standard InChI is InChI=1S/C18H21NO/c1-18(2)12-15-11-14(9-10-16(15)20-18)17(19-3)13-7-5-4-6-8-13/h4-11,17,19H,12H2,1-3H3. The van der Waals surface area contributed by atoms with Gasteiger partial charge in [0.2, 0.25) is 0 Å². The van der Waals surface area contributed by atoms with Crippen molar-refractivity contribution in [3.05, 3.63) is 65.2 Å². The average Bonchev–Trinajstić information content (AvgIpc) is 2.74. The molecule has 104 valence electrons. The van der Waals surface area contributed by atoms with Gasteiger partial charge in [0.25, 0.3) is 0 Å². The Morgan fingerprint density at radius 3 is 2.50 bits per heavy atom. The molecule has 0 radical (unpaired) electrons. The normalized spacial score (nSPS) is 17.4. The molecule has 1 aliphatic rings. The molecule has 0 aliphatic carbocycles. The molecule has 1 N–H and O–H groups in total. The van der Waals surface area contributed by atoms with Crippen molar-refractivity contribution in [2.45, 2.75) is 31.9 Å². The van der Waals surface area contributed by atoms with E-state index in [1.807, 2.05) is 7.05 Å². The summed E-state index contributed by atoms with van der Waals surface area (Å²) in [5.41, 5.74) is 3.80. The van der Waals surface area contributed by atoms with Gasteiger partial charge in [0.1, 0.15) is 11.4 Å². The predicted octanol–water partition coefficient (Wildman–Crippen LogP) is 3.71. The average molecular weight is 267 g/mol. The summed E-state index contributed by atoms with van der Waals surface area (Å²) in [4.78, 5) is 0. The lowest BCUT2D eigenvalue weighted by atomic mass is 9.94. The lowest BCUT2D eigenvalue weighted by molar-refractivity contribution is 0.138. The Kier molecular flexibility index (Phi) is 3.27. The van der Waals surface area contributed by atoms with Crippen molar-refractivity contribution >= 4 is 0 Å². The summed E-state index contributed by atoms with van der Waals surface area (Å²) >= 11 is 0. The van der Waals surface area contributed by atoms with Crippen LogP contribution >= 0.6 is 0 Å². The van der Waals surface area contributed by atoms with Crippen LogP contribution in [0.2, 0.25) is 0 Å². The van der Waals surface area contributed by atoms with E-state index < -0.39 is 0 Å². The van der Waals surface area contributed by atoms with E-state index in [0.29, 0.717) is 0 Å². The van der Waals surface area contributed by atoms with Crippen molar-refractivity contribution in [3.8, 4) is 5.75 Å². The first-order valence-corrected chi connectivity index (χ1v) is 7.13. The Morgan fingerprint density at radius 2 is 1.80 bits per heavy atom. The monoisotopic (exact) mass is 267 g/mol. The zero-order valence-electron chi connectivity index (χ0n) is 12.3. The minimum Gasteiger partial charge on any atom is -0.487 e. The van der Waals surface area contributed by atoms with Crippen molar-refractivity contribution in [1.82, 2.24) is 5.32 Å². The molecule has 0 saturated carbocycles. The number of hydrogen-bond acceptors (Lipinski definition) is 2. The first kappa shape index (κ1) is 13.2. The summed E-state index contributed by atoms with van der Waals surface area (Å²) < 4.78 is 5.95. The van der Waals surface area contributed by atoms with Crippen LogP contribution in [-0.2, 0) is 6.42 Å². The molecule has 1 atom stereocenters. The Balaban J connectivity index is 1.95. The zero-order chi connectivity index (χ0) is 14.2. The fourth-order valence-corrected chi connectivity index (χ4v) is 2.98. The van der Waals surface area contributed by atoms with Crippen LogP contribution in [0.25, 0.3) is 0 Å². The molecule has 2 nitrogen and oxygen atoms in total. The summed E-state index contributed by atoms with van der Waals surface area (Å²) in [6.07, 6.45) is 0.974. The van der Waals surface area contributed by atoms with E-state index in [1.165, 1.54) is 16.7 Å². The summed E-state index contributed by atoms with van der Waals surface area (Å²) in [5.74, 6) is 1.03. The molecule has 0 bridgehead atoms. The number of benzene rings is 2. The molecule has 20 heavy (non-hydrogen) atoms. The lowest BCUT2D eigenvalue weighted by Gasteiger charge is -2.18. The van der Waals surface area contributed by atoms with Crippen molar-refractivity contribution in [3.63, 3.8) is 0 Å². The third-order valence-electron chi connectivity index (χ3n) is 3.84. The number of rotatable bonds is 3. The highest BCUT2D eigenvalue weighted by Gasteiger charge is 2.30.